The summed E-state index contributed by atoms with van der Waals surface area (Å²) in [6.07, 6.45) is 2.48. The van der Waals surface area contributed by atoms with Gasteiger partial charge in [-0.25, -0.2) is 9.18 Å². The van der Waals surface area contributed by atoms with E-state index in [1.165, 1.54) is 17.8 Å². The van der Waals surface area contributed by atoms with Gasteiger partial charge in [-0.3, -0.25) is 0 Å². The summed E-state index contributed by atoms with van der Waals surface area (Å²) in [5.74, 6) is -1.03. The predicted molar refractivity (Wildman–Crippen MR) is 78.4 cm³/mol. The van der Waals surface area contributed by atoms with Gasteiger partial charge < -0.3 is 20.5 Å². The van der Waals surface area contributed by atoms with Crippen molar-refractivity contribution in [2.45, 2.75) is 18.9 Å². The molecule has 1 aromatic carbocycles. The van der Waals surface area contributed by atoms with Gasteiger partial charge in [-0.1, -0.05) is 18.2 Å². The first-order valence-corrected chi connectivity index (χ1v) is 7.91. The lowest BCUT2D eigenvalue weighted by atomic mass is 10.1. The van der Waals surface area contributed by atoms with E-state index in [9.17, 15) is 19.1 Å². The van der Waals surface area contributed by atoms with E-state index < -0.39 is 18.0 Å². The molecule has 21 heavy (non-hydrogen) atoms. The summed E-state index contributed by atoms with van der Waals surface area (Å²) in [4.78, 5) is 22.5. The van der Waals surface area contributed by atoms with Gasteiger partial charge in [0.15, 0.2) is 0 Å². The number of hydrogen-bond acceptors (Lipinski definition) is 4. The Morgan fingerprint density at radius 3 is 2.71 bits per heavy atom. The van der Waals surface area contributed by atoms with Crippen molar-refractivity contribution < 1.29 is 19.1 Å². The number of urea groups is 1. The molecule has 0 aliphatic carbocycles. The highest BCUT2D eigenvalue weighted by molar-refractivity contribution is 7.98. The summed E-state index contributed by atoms with van der Waals surface area (Å²) in [7, 11) is 0. The van der Waals surface area contributed by atoms with Gasteiger partial charge in [0.2, 0.25) is 0 Å². The van der Waals surface area contributed by atoms with Crippen LogP contribution in [0.2, 0.25) is 0 Å². The number of carboxylic acid groups (broad SMARTS) is 1. The van der Waals surface area contributed by atoms with Crippen LogP contribution in [0.15, 0.2) is 24.3 Å². The molecule has 0 radical (unpaired) electrons. The first kappa shape index (κ1) is 17.3. The second-order valence-electron chi connectivity index (χ2n) is 4.39. The van der Waals surface area contributed by atoms with Crippen molar-refractivity contribution in [3.8, 4) is 0 Å². The molecule has 0 fully saturated rings. The van der Waals surface area contributed by atoms with Gasteiger partial charge in [-0.15, -0.1) is 0 Å². The third-order valence-corrected chi connectivity index (χ3v) is 3.48. The third kappa shape index (κ3) is 6.48. The van der Waals surface area contributed by atoms with Gasteiger partial charge in [0.25, 0.3) is 0 Å². The molecule has 0 saturated heterocycles. The summed E-state index contributed by atoms with van der Waals surface area (Å²) < 4.78 is 13.4. The van der Waals surface area contributed by atoms with E-state index in [-0.39, 0.29) is 12.4 Å². The van der Waals surface area contributed by atoms with Crippen LogP contribution in [0.25, 0.3) is 0 Å². The first-order chi connectivity index (χ1) is 10.0. The average molecular weight is 313 g/mol. The Morgan fingerprint density at radius 1 is 1.38 bits per heavy atom. The maximum absolute atomic E-state index is 13.4. The van der Waals surface area contributed by atoms with Crippen LogP contribution in [0.1, 0.15) is 12.0 Å². The minimum atomic E-state index is -1.31. The zero-order valence-corrected chi connectivity index (χ0v) is 12.5. The quantitative estimate of drug-likeness (QED) is 0.734. The standard InChI is InChI=1S/C14H19FN2O3S/c1-21-9-7-12(13(18)19)17-14(20)16-8-6-10-4-2-3-5-11(10)15/h2-5,12H,6-9H2,1H3,(H,18,19)(H2,16,17,20)/p-1/t12-/m0/s1. The van der Waals surface area contributed by atoms with Crippen molar-refractivity contribution in [1.29, 1.82) is 0 Å². The second-order valence-corrected chi connectivity index (χ2v) is 5.38. The van der Waals surface area contributed by atoms with Crippen LogP contribution in [0.3, 0.4) is 0 Å². The minimum Gasteiger partial charge on any atom is -0.548 e. The number of hydrogen-bond donors (Lipinski definition) is 2. The van der Waals surface area contributed by atoms with Crippen LogP contribution in [0.4, 0.5) is 9.18 Å². The number of benzene rings is 1. The molecule has 116 valence electrons. The third-order valence-electron chi connectivity index (χ3n) is 2.84. The second kappa shape index (κ2) is 9.23. The zero-order chi connectivity index (χ0) is 15.7. The Kier molecular flexibility index (Phi) is 7.60. The lowest BCUT2D eigenvalue weighted by Crippen LogP contribution is -2.51. The van der Waals surface area contributed by atoms with E-state index in [0.29, 0.717) is 24.2 Å². The Hall–Kier alpha value is -1.76. The van der Waals surface area contributed by atoms with Crippen molar-refractivity contribution in [1.82, 2.24) is 10.6 Å². The van der Waals surface area contributed by atoms with Gasteiger partial charge in [0.1, 0.15) is 5.82 Å². The van der Waals surface area contributed by atoms with Crippen molar-refractivity contribution in [3.63, 3.8) is 0 Å². The van der Waals surface area contributed by atoms with Crippen molar-refractivity contribution >= 4 is 23.8 Å². The highest BCUT2D eigenvalue weighted by Crippen LogP contribution is 2.06. The van der Waals surface area contributed by atoms with Crippen LogP contribution in [-0.4, -0.2) is 36.6 Å². The molecule has 1 atom stereocenters. The molecular weight excluding hydrogens is 295 g/mol. The number of thioether (sulfide) groups is 1. The topological polar surface area (TPSA) is 81.3 Å². The first-order valence-electron chi connectivity index (χ1n) is 6.52. The minimum absolute atomic E-state index is 0.217. The van der Waals surface area contributed by atoms with Crippen LogP contribution in [0.5, 0.6) is 0 Å². The monoisotopic (exact) mass is 313 g/mol. The molecule has 2 amide bonds. The lowest BCUT2D eigenvalue weighted by Gasteiger charge is -2.19. The zero-order valence-electron chi connectivity index (χ0n) is 11.7. The average Bonchev–Trinajstić information content (AvgIpc) is 2.45. The maximum Gasteiger partial charge on any atom is 0.315 e. The fourth-order valence-corrected chi connectivity index (χ4v) is 2.18. The van der Waals surface area contributed by atoms with E-state index in [2.05, 4.69) is 10.6 Å². The molecule has 1 aromatic rings. The summed E-state index contributed by atoms with van der Waals surface area (Å²) in [6, 6.07) is 4.68. The van der Waals surface area contributed by atoms with Gasteiger partial charge in [-0.2, -0.15) is 11.8 Å². The van der Waals surface area contributed by atoms with Gasteiger partial charge in [0.05, 0.1) is 12.0 Å². The number of nitrogens with one attached hydrogen (secondary N) is 2. The SMILES string of the molecule is CSCC[C@H](NC(=O)NCCc1ccccc1F)C(=O)[O-]. The van der Waals surface area contributed by atoms with Gasteiger partial charge in [-0.05, 0) is 36.5 Å². The molecule has 5 nitrogen and oxygen atoms in total. The number of aliphatic carboxylic acids is 1. The molecule has 7 heteroatoms. The number of halogens is 1. The van der Waals surface area contributed by atoms with Crippen molar-refractivity contribution in [2.24, 2.45) is 0 Å². The van der Waals surface area contributed by atoms with E-state index in [1.807, 2.05) is 6.26 Å². The molecule has 2 N–H and O–H groups in total. The molecule has 0 aliphatic rings. The van der Waals surface area contributed by atoms with Crippen molar-refractivity contribution in [2.75, 3.05) is 18.6 Å². The van der Waals surface area contributed by atoms with Crippen LogP contribution >= 0.6 is 11.8 Å². The summed E-state index contributed by atoms with van der Waals surface area (Å²) in [5.41, 5.74) is 0.497. The fraction of sp³-hybridized carbons (Fsp3) is 0.429. The smallest absolute Gasteiger partial charge is 0.315 e. The predicted octanol–water partition coefficient (Wildman–Crippen LogP) is 0.539. The molecule has 0 aromatic heterocycles. The normalized spacial score (nSPS) is 11.7. The Labute approximate surface area is 127 Å². The van der Waals surface area contributed by atoms with Gasteiger partial charge in [0, 0.05) is 6.54 Å². The van der Waals surface area contributed by atoms with Crippen molar-refractivity contribution in [3.05, 3.63) is 35.6 Å². The van der Waals surface area contributed by atoms with Crippen LogP contribution in [-0.2, 0) is 11.2 Å². The van der Waals surface area contributed by atoms with E-state index >= 15 is 0 Å². The highest BCUT2D eigenvalue weighted by atomic mass is 32.2. The largest absolute Gasteiger partial charge is 0.548 e. The van der Waals surface area contributed by atoms with Crippen LogP contribution < -0.4 is 15.7 Å². The Balaban J connectivity index is 2.36. The summed E-state index contributed by atoms with van der Waals surface area (Å²) in [6.45, 7) is 0.217. The fourth-order valence-electron chi connectivity index (χ4n) is 1.71. The number of rotatable bonds is 8. The Bertz CT molecular complexity index is 485. The molecule has 0 unspecified atom stereocenters. The number of carbonyl (C=O) groups excluding carboxylic acids is 2. The molecule has 0 heterocycles. The van der Waals surface area contributed by atoms with E-state index in [4.69, 9.17) is 0 Å². The molecule has 0 saturated carbocycles. The summed E-state index contributed by atoms with van der Waals surface area (Å²) >= 11 is 1.49. The molecule has 0 bridgehead atoms. The van der Waals surface area contributed by atoms with E-state index in [1.54, 1.807) is 18.2 Å². The highest BCUT2D eigenvalue weighted by Gasteiger charge is 2.12. The molecule has 0 aliphatic heterocycles. The number of carboxylic acids is 1. The summed E-state index contributed by atoms with van der Waals surface area (Å²) in [5, 5.41) is 15.7. The Morgan fingerprint density at radius 2 is 2.10 bits per heavy atom. The maximum atomic E-state index is 13.4. The number of amides is 2. The molecular formula is C14H18FN2O3S-. The van der Waals surface area contributed by atoms with Crippen LogP contribution in [0, 0.1) is 5.82 Å². The van der Waals surface area contributed by atoms with Gasteiger partial charge >= 0.3 is 6.03 Å². The molecule has 0 spiro atoms. The number of carbonyl (C=O) groups is 2. The molecule has 1 rings (SSSR count). The lowest BCUT2D eigenvalue weighted by molar-refractivity contribution is -0.308. The van der Waals surface area contributed by atoms with E-state index in [0.717, 1.165) is 0 Å².